The molecule has 8 heteroatoms. The molecule has 7 nitrogen and oxygen atoms in total. The maximum Gasteiger partial charge on any atom is 0.300 e. The van der Waals surface area contributed by atoms with E-state index in [0.717, 1.165) is 69.4 Å². The van der Waals surface area contributed by atoms with Crippen molar-refractivity contribution in [2.75, 3.05) is 6.54 Å². The number of carboxylic acid groups (broad SMARTS) is 1. The van der Waals surface area contributed by atoms with Crippen LogP contribution in [0.5, 0.6) is 0 Å². The molecule has 4 N–H and O–H groups in total. The maximum absolute atomic E-state index is 13.5. The minimum absolute atomic E-state index is 0.218. The van der Waals surface area contributed by atoms with Gasteiger partial charge >= 0.3 is 0 Å². The number of aromatic amines is 1. The van der Waals surface area contributed by atoms with E-state index in [2.05, 4.69) is 27.8 Å². The van der Waals surface area contributed by atoms with Crippen LogP contribution in [0.15, 0.2) is 89.7 Å². The van der Waals surface area contributed by atoms with Crippen LogP contribution in [0, 0.1) is 0 Å². The summed E-state index contributed by atoms with van der Waals surface area (Å²) in [6.07, 6.45) is 0.812. The van der Waals surface area contributed by atoms with E-state index in [1.54, 1.807) is 0 Å². The summed E-state index contributed by atoms with van der Waals surface area (Å²) in [4.78, 5) is 30.5. The predicted molar refractivity (Wildman–Crippen MR) is 158 cm³/mol. The molecule has 0 atom stereocenters. The van der Waals surface area contributed by atoms with Crippen LogP contribution in [-0.4, -0.2) is 32.2 Å². The molecule has 4 aromatic carbocycles. The van der Waals surface area contributed by atoms with Crippen LogP contribution < -0.4 is 11.3 Å². The maximum atomic E-state index is 13.5. The van der Waals surface area contributed by atoms with Crippen LogP contribution in [0.4, 0.5) is 0 Å². The van der Waals surface area contributed by atoms with Gasteiger partial charge in [-0.2, -0.15) is 0 Å². The van der Waals surface area contributed by atoms with Gasteiger partial charge in [0.25, 0.3) is 11.5 Å². The fourth-order valence-corrected chi connectivity index (χ4v) is 5.00. The highest BCUT2D eigenvalue weighted by Crippen LogP contribution is 2.40. The van der Waals surface area contributed by atoms with Crippen molar-refractivity contribution in [3.8, 4) is 22.5 Å². The number of H-pyrrole nitrogens is 1. The van der Waals surface area contributed by atoms with E-state index in [1.165, 1.54) is 0 Å². The molecular weight excluding hydrogens is 512 g/mol. The average Bonchev–Trinajstić information content (AvgIpc) is 3.24. The number of aryl methyl sites for hydroxylation is 1. The number of halogens is 1. The molecule has 39 heavy (non-hydrogen) atoms. The normalized spacial score (nSPS) is 11.1. The van der Waals surface area contributed by atoms with Crippen LogP contribution in [0.3, 0.4) is 0 Å². The quantitative estimate of drug-likeness (QED) is 0.218. The minimum Gasteiger partial charge on any atom is -0.481 e. The Morgan fingerprint density at radius 2 is 1.64 bits per heavy atom. The molecule has 0 saturated carbocycles. The van der Waals surface area contributed by atoms with Crippen molar-refractivity contribution in [2.45, 2.75) is 19.9 Å². The van der Waals surface area contributed by atoms with E-state index in [-0.39, 0.29) is 5.56 Å². The third-order valence-electron chi connectivity index (χ3n) is 6.47. The number of aliphatic carboxylic acids is 1. The molecule has 0 unspecified atom stereocenters. The predicted octanol–water partition coefficient (Wildman–Crippen LogP) is 6.46. The highest BCUT2D eigenvalue weighted by Gasteiger charge is 2.23. The lowest BCUT2D eigenvalue weighted by molar-refractivity contribution is -0.134. The topological polar surface area (TPSA) is 114 Å². The van der Waals surface area contributed by atoms with Gasteiger partial charge in [0.1, 0.15) is 5.69 Å². The number of nitrogens with zero attached hydrogens (tertiary/aromatic N) is 2. The third-order valence-corrected chi connectivity index (χ3v) is 6.72. The van der Waals surface area contributed by atoms with Crippen molar-refractivity contribution in [3.05, 3.63) is 100 Å². The van der Waals surface area contributed by atoms with Crippen molar-refractivity contribution < 1.29 is 9.90 Å². The van der Waals surface area contributed by atoms with Gasteiger partial charge in [0.2, 0.25) is 0 Å². The lowest BCUT2D eigenvalue weighted by Gasteiger charge is -2.13. The molecule has 2 heterocycles. The van der Waals surface area contributed by atoms with E-state index < -0.39 is 5.97 Å². The zero-order valence-electron chi connectivity index (χ0n) is 21.3. The summed E-state index contributed by atoms with van der Waals surface area (Å²) in [5, 5.41) is 11.2. The summed E-state index contributed by atoms with van der Waals surface area (Å²) in [7, 11) is 0. The Morgan fingerprint density at radius 3 is 2.33 bits per heavy atom. The van der Waals surface area contributed by atoms with Crippen LogP contribution >= 0.6 is 11.6 Å². The third kappa shape index (κ3) is 5.27. The highest BCUT2D eigenvalue weighted by molar-refractivity contribution is 6.30. The Balaban J connectivity index is 0.000000723. The van der Waals surface area contributed by atoms with Crippen molar-refractivity contribution in [3.63, 3.8) is 0 Å². The Hall–Kier alpha value is -4.46. The summed E-state index contributed by atoms with van der Waals surface area (Å²) in [5.74, 6) is -0.833. The number of benzene rings is 4. The minimum atomic E-state index is -0.833. The second-order valence-corrected chi connectivity index (χ2v) is 9.63. The largest absolute Gasteiger partial charge is 0.481 e. The first-order valence-corrected chi connectivity index (χ1v) is 12.9. The molecule has 0 aliphatic carbocycles. The number of carbonyl (C=O) groups is 1. The lowest BCUT2D eigenvalue weighted by Crippen LogP contribution is -2.12. The summed E-state index contributed by atoms with van der Waals surface area (Å²) in [5.41, 5.74) is 11.3. The van der Waals surface area contributed by atoms with E-state index in [9.17, 15) is 4.79 Å². The van der Waals surface area contributed by atoms with Gasteiger partial charge in [0.15, 0.2) is 0 Å². The zero-order chi connectivity index (χ0) is 27.5. The Kier molecular flexibility index (Phi) is 7.45. The SMILES string of the molecule is CC(=O)O.NCCCn1c(-c2ccc(Cl)cc2)c(-c2nc3cc4ccccc4cc3[nH]c2=O)c2ccccc21. The van der Waals surface area contributed by atoms with Gasteiger partial charge in [-0.05, 0) is 59.6 Å². The summed E-state index contributed by atoms with van der Waals surface area (Å²) in [6, 6.07) is 27.9. The van der Waals surface area contributed by atoms with E-state index in [1.807, 2.05) is 66.7 Å². The molecular formula is C31H27ClN4O3. The molecule has 6 aromatic rings. The molecule has 0 aliphatic rings. The molecule has 0 aliphatic heterocycles. The summed E-state index contributed by atoms with van der Waals surface area (Å²) < 4.78 is 2.24. The molecule has 196 valence electrons. The second kappa shape index (κ2) is 11.1. The number of aromatic nitrogens is 3. The van der Waals surface area contributed by atoms with E-state index >= 15 is 0 Å². The highest BCUT2D eigenvalue weighted by atomic mass is 35.5. The Labute approximate surface area is 229 Å². The Bertz CT molecular complexity index is 1870. The van der Waals surface area contributed by atoms with Gasteiger partial charge in [-0.3, -0.25) is 9.59 Å². The van der Waals surface area contributed by atoms with Crippen LogP contribution in [-0.2, 0) is 11.3 Å². The molecule has 6 rings (SSSR count). The number of rotatable bonds is 5. The van der Waals surface area contributed by atoms with Gasteiger partial charge in [0, 0.05) is 35.0 Å². The van der Waals surface area contributed by atoms with E-state index in [4.69, 9.17) is 32.2 Å². The van der Waals surface area contributed by atoms with E-state index in [0.29, 0.717) is 17.3 Å². The molecule has 0 bridgehead atoms. The number of hydrogen-bond acceptors (Lipinski definition) is 4. The number of fused-ring (bicyclic) bond motifs is 3. The number of carboxylic acids is 1. The first-order chi connectivity index (χ1) is 18.9. The fourth-order valence-electron chi connectivity index (χ4n) is 4.88. The van der Waals surface area contributed by atoms with Gasteiger partial charge < -0.3 is 20.4 Å². The number of nitrogens with one attached hydrogen (secondary N) is 1. The molecule has 0 amide bonds. The lowest BCUT2D eigenvalue weighted by atomic mass is 10.0. The van der Waals surface area contributed by atoms with Crippen molar-refractivity contribution in [1.29, 1.82) is 0 Å². The first kappa shape index (κ1) is 26.2. The summed E-state index contributed by atoms with van der Waals surface area (Å²) >= 11 is 6.21. The van der Waals surface area contributed by atoms with Gasteiger partial charge in [-0.1, -0.05) is 66.2 Å². The number of para-hydroxylation sites is 1. The standard InChI is InChI=1S/C29H23ClN4O.C2H4O2/c30-21-12-10-18(11-13-21)28-26(22-8-3-4-9-25(22)34(28)15-5-14-31)27-29(35)33-24-17-20-7-2-1-6-19(20)16-23(24)32-27;1-2(3)4/h1-4,6-13,16-17H,5,14-15,31H2,(H,33,35);1H3,(H,3,4). The Morgan fingerprint density at radius 1 is 1.00 bits per heavy atom. The average molecular weight is 539 g/mol. The smallest absolute Gasteiger partial charge is 0.300 e. The van der Waals surface area contributed by atoms with Gasteiger partial charge in [0.05, 0.1) is 16.7 Å². The zero-order valence-corrected chi connectivity index (χ0v) is 22.1. The fraction of sp³-hybridized carbons (Fsp3) is 0.129. The molecule has 0 spiro atoms. The number of nitrogens with two attached hydrogens (primary N) is 1. The van der Waals surface area contributed by atoms with Crippen molar-refractivity contribution in [2.24, 2.45) is 5.73 Å². The molecule has 0 saturated heterocycles. The molecule has 0 fully saturated rings. The monoisotopic (exact) mass is 538 g/mol. The van der Waals surface area contributed by atoms with Crippen molar-refractivity contribution in [1.82, 2.24) is 14.5 Å². The van der Waals surface area contributed by atoms with Crippen LogP contribution in [0.25, 0.3) is 55.2 Å². The summed E-state index contributed by atoms with van der Waals surface area (Å²) in [6.45, 7) is 2.38. The van der Waals surface area contributed by atoms with Crippen LogP contribution in [0.2, 0.25) is 5.02 Å². The van der Waals surface area contributed by atoms with Crippen LogP contribution in [0.1, 0.15) is 13.3 Å². The molecule has 0 radical (unpaired) electrons. The molecule has 2 aromatic heterocycles. The van der Waals surface area contributed by atoms with Gasteiger partial charge in [-0.25, -0.2) is 4.98 Å². The number of hydrogen-bond donors (Lipinski definition) is 3. The first-order valence-electron chi connectivity index (χ1n) is 12.6. The second-order valence-electron chi connectivity index (χ2n) is 9.19. The van der Waals surface area contributed by atoms with Crippen molar-refractivity contribution >= 4 is 50.3 Å². The van der Waals surface area contributed by atoms with Gasteiger partial charge in [-0.15, -0.1) is 0 Å².